The van der Waals surface area contributed by atoms with E-state index in [1.807, 2.05) is 0 Å². The van der Waals surface area contributed by atoms with Gasteiger partial charge in [0.05, 0.1) is 11.5 Å². The fourth-order valence-corrected chi connectivity index (χ4v) is 1.31. The molecule has 0 atom stereocenters. The van der Waals surface area contributed by atoms with Gasteiger partial charge in [0.2, 0.25) is 5.90 Å². The van der Waals surface area contributed by atoms with Gasteiger partial charge < -0.3 is 4.74 Å². The molecule has 0 aliphatic carbocycles. The van der Waals surface area contributed by atoms with Crippen molar-refractivity contribution in [2.24, 2.45) is 4.99 Å². The predicted octanol–water partition coefficient (Wildman–Crippen LogP) is 1.37. The fraction of sp³-hybridized carbons (Fsp3) is 0.222. The van der Waals surface area contributed by atoms with Crippen molar-refractivity contribution in [2.75, 3.05) is 13.2 Å². The largest absolute Gasteiger partial charge is 0.475 e. The molecule has 0 saturated carbocycles. The summed E-state index contributed by atoms with van der Waals surface area (Å²) in [6.45, 7) is 1.07. The second-order valence-corrected chi connectivity index (χ2v) is 2.81. The number of rotatable bonds is 2. The number of nitro benzene ring substituents is 1. The van der Waals surface area contributed by atoms with E-state index in [-0.39, 0.29) is 5.69 Å². The molecular weight excluding hydrogens is 184 g/mol. The van der Waals surface area contributed by atoms with Crippen molar-refractivity contribution >= 4 is 11.6 Å². The maximum atomic E-state index is 10.7. The van der Waals surface area contributed by atoms with E-state index in [0.29, 0.717) is 24.6 Å². The molecule has 1 aliphatic heterocycles. The Morgan fingerprint density at radius 3 is 2.86 bits per heavy atom. The van der Waals surface area contributed by atoms with Crippen LogP contribution in [0.1, 0.15) is 5.56 Å². The summed E-state index contributed by atoms with van der Waals surface area (Å²) in [6.07, 6.45) is 0. The van der Waals surface area contributed by atoms with Gasteiger partial charge in [-0.3, -0.25) is 10.1 Å². The van der Waals surface area contributed by atoms with Crippen molar-refractivity contribution in [3.05, 3.63) is 39.9 Å². The first-order valence-electron chi connectivity index (χ1n) is 4.20. The zero-order chi connectivity index (χ0) is 9.97. The smallest absolute Gasteiger partial charge is 0.282 e. The third kappa shape index (κ3) is 1.44. The summed E-state index contributed by atoms with van der Waals surface area (Å²) in [5.74, 6) is 0.373. The van der Waals surface area contributed by atoms with Crippen LogP contribution in [0.25, 0.3) is 0 Å². The number of hydrogen-bond acceptors (Lipinski definition) is 4. The van der Waals surface area contributed by atoms with Crippen LogP contribution in [0.2, 0.25) is 0 Å². The third-order valence-electron chi connectivity index (χ3n) is 1.92. The van der Waals surface area contributed by atoms with E-state index >= 15 is 0 Å². The zero-order valence-corrected chi connectivity index (χ0v) is 7.34. The molecule has 0 saturated heterocycles. The molecule has 0 bridgehead atoms. The molecule has 0 N–H and O–H groups in total. The second kappa shape index (κ2) is 3.45. The van der Waals surface area contributed by atoms with Gasteiger partial charge in [-0.05, 0) is 6.07 Å². The maximum Gasteiger partial charge on any atom is 0.282 e. The lowest BCUT2D eigenvalue weighted by atomic mass is 10.2. The number of para-hydroxylation sites is 1. The number of nitro groups is 1. The summed E-state index contributed by atoms with van der Waals surface area (Å²) >= 11 is 0. The minimum atomic E-state index is -0.431. The van der Waals surface area contributed by atoms with E-state index < -0.39 is 4.92 Å². The summed E-state index contributed by atoms with van der Waals surface area (Å²) < 4.78 is 5.18. The van der Waals surface area contributed by atoms with Crippen LogP contribution in [0.5, 0.6) is 0 Å². The zero-order valence-electron chi connectivity index (χ0n) is 7.34. The molecule has 0 spiro atoms. The average molecular weight is 192 g/mol. The number of hydrogen-bond donors (Lipinski definition) is 0. The van der Waals surface area contributed by atoms with Crippen LogP contribution in [-0.2, 0) is 4.74 Å². The van der Waals surface area contributed by atoms with Crippen LogP contribution in [-0.4, -0.2) is 24.0 Å². The summed E-state index contributed by atoms with van der Waals surface area (Å²) in [5, 5.41) is 10.7. The first-order valence-corrected chi connectivity index (χ1v) is 4.20. The summed E-state index contributed by atoms with van der Waals surface area (Å²) in [4.78, 5) is 14.3. The van der Waals surface area contributed by atoms with Gasteiger partial charge in [-0.1, -0.05) is 12.1 Å². The Morgan fingerprint density at radius 2 is 2.21 bits per heavy atom. The Hall–Kier alpha value is -1.91. The molecular formula is C9H8N2O3. The van der Waals surface area contributed by atoms with Crippen molar-refractivity contribution in [3.8, 4) is 0 Å². The van der Waals surface area contributed by atoms with Crippen LogP contribution < -0.4 is 0 Å². The van der Waals surface area contributed by atoms with Crippen molar-refractivity contribution in [3.63, 3.8) is 0 Å². The van der Waals surface area contributed by atoms with Crippen LogP contribution in [0, 0.1) is 10.1 Å². The van der Waals surface area contributed by atoms with Gasteiger partial charge in [-0.2, -0.15) is 0 Å². The normalized spacial score (nSPS) is 14.7. The molecule has 1 aromatic carbocycles. The Morgan fingerprint density at radius 1 is 1.43 bits per heavy atom. The predicted molar refractivity (Wildman–Crippen MR) is 50.5 cm³/mol. The molecule has 5 nitrogen and oxygen atoms in total. The van der Waals surface area contributed by atoms with E-state index in [0.717, 1.165) is 0 Å². The SMILES string of the molecule is O=[N+]([O-])c1ccccc1C1=NCCO1. The van der Waals surface area contributed by atoms with Crippen LogP contribution in [0.3, 0.4) is 0 Å². The van der Waals surface area contributed by atoms with E-state index in [1.165, 1.54) is 6.07 Å². The maximum absolute atomic E-state index is 10.7. The highest BCUT2D eigenvalue weighted by atomic mass is 16.6. The first kappa shape index (κ1) is 8.68. The molecule has 1 heterocycles. The Labute approximate surface area is 80.2 Å². The average Bonchev–Trinajstić information content (AvgIpc) is 2.70. The van der Waals surface area contributed by atoms with Gasteiger partial charge >= 0.3 is 0 Å². The number of nitrogens with zero attached hydrogens (tertiary/aromatic N) is 2. The lowest BCUT2D eigenvalue weighted by molar-refractivity contribution is -0.385. The van der Waals surface area contributed by atoms with Crippen molar-refractivity contribution < 1.29 is 9.66 Å². The lowest BCUT2D eigenvalue weighted by Crippen LogP contribution is -2.04. The molecule has 0 amide bonds. The highest BCUT2D eigenvalue weighted by Gasteiger charge is 2.20. The molecule has 1 aromatic rings. The van der Waals surface area contributed by atoms with Gasteiger partial charge in [0.15, 0.2) is 0 Å². The minimum Gasteiger partial charge on any atom is -0.475 e. The topological polar surface area (TPSA) is 64.7 Å². The van der Waals surface area contributed by atoms with Crippen LogP contribution in [0.4, 0.5) is 5.69 Å². The molecule has 14 heavy (non-hydrogen) atoms. The molecule has 1 aliphatic rings. The monoisotopic (exact) mass is 192 g/mol. The molecule has 5 heteroatoms. The minimum absolute atomic E-state index is 0.0353. The van der Waals surface area contributed by atoms with Gasteiger partial charge in [-0.15, -0.1) is 0 Å². The second-order valence-electron chi connectivity index (χ2n) is 2.81. The van der Waals surface area contributed by atoms with Gasteiger partial charge in [0, 0.05) is 6.07 Å². The van der Waals surface area contributed by atoms with E-state index in [9.17, 15) is 10.1 Å². The standard InChI is InChI=1S/C9H8N2O3/c12-11(13)8-4-2-1-3-7(8)9-10-5-6-14-9/h1-4H,5-6H2. The Bertz CT molecular complexity index is 401. The summed E-state index contributed by atoms with van der Waals surface area (Å²) in [6, 6.07) is 6.44. The lowest BCUT2D eigenvalue weighted by Gasteiger charge is -2.01. The highest BCUT2D eigenvalue weighted by molar-refractivity contribution is 5.98. The molecule has 0 unspecified atom stereocenters. The molecule has 0 fully saturated rings. The van der Waals surface area contributed by atoms with Crippen LogP contribution in [0.15, 0.2) is 29.3 Å². The summed E-state index contributed by atoms with van der Waals surface area (Å²) in [5.41, 5.74) is 0.489. The van der Waals surface area contributed by atoms with E-state index in [4.69, 9.17) is 4.74 Å². The molecule has 2 rings (SSSR count). The number of benzene rings is 1. The quantitative estimate of drug-likeness (QED) is 0.525. The number of ether oxygens (including phenoxy) is 1. The first-order chi connectivity index (χ1) is 6.79. The van der Waals surface area contributed by atoms with Gasteiger partial charge in [-0.25, -0.2) is 4.99 Å². The van der Waals surface area contributed by atoms with E-state index in [2.05, 4.69) is 4.99 Å². The molecule has 0 radical (unpaired) electrons. The fourth-order valence-electron chi connectivity index (χ4n) is 1.31. The van der Waals surface area contributed by atoms with E-state index in [1.54, 1.807) is 18.2 Å². The summed E-state index contributed by atoms with van der Waals surface area (Å²) in [7, 11) is 0. The third-order valence-corrected chi connectivity index (χ3v) is 1.92. The molecule has 0 aromatic heterocycles. The van der Waals surface area contributed by atoms with Crippen molar-refractivity contribution in [1.82, 2.24) is 0 Å². The van der Waals surface area contributed by atoms with Gasteiger partial charge in [0.1, 0.15) is 12.2 Å². The molecule has 72 valence electrons. The van der Waals surface area contributed by atoms with Crippen molar-refractivity contribution in [2.45, 2.75) is 0 Å². The Kier molecular flexibility index (Phi) is 2.14. The van der Waals surface area contributed by atoms with Gasteiger partial charge in [0.25, 0.3) is 5.69 Å². The number of aliphatic imine (C=N–C) groups is 1. The Balaban J connectivity index is 2.46. The van der Waals surface area contributed by atoms with Crippen LogP contribution >= 0.6 is 0 Å². The highest BCUT2D eigenvalue weighted by Crippen LogP contribution is 2.20. The van der Waals surface area contributed by atoms with Crippen molar-refractivity contribution in [1.29, 1.82) is 0 Å².